The second-order valence-corrected chi connectivity index (χ2v) is 11.0. The Morgan fingerprint density at radius 2 is 1.97 bits per heavy atom. The van der Waals surface area contributed by atoms with Gasteiger partial charge in [-0.25, -0.2) is 12.8 Å². The number of aryl methyl sites for hydroxylation is 1. The number of carbonyl (C=O) groups excluding carboxylic acids is 1. The minimum Gasteiger partial charge on any atom is -0.315 e. The molecule has 152 valence electrons. The number of carbonyl (C=O) groups is 1. The van der Waals surface area contributed by atoms with E-state index < -0.39 is 9.84 Å². The summed E-state index contributed by atoms with van der Waals surface area (Å²) in [6.07, 6.45) is 0.0420. The van der Waals surface area contributed by atoms with E-state index in [1.807, 2.05) is 17.9 Å². The number of aliphatic imine (C=N–C) groups is 1. The second kappa shape index (κ2) is 7.74. The average molecular weight is 453 g/mol. The fourth-order valence-corrected chi connectivity index (χ4v) is 7.70. The molecule has 5 nitrogen and oxygen atoms in total. The van der Waals surface area contributed by atoms with Crippen LogP contribution in [0.15, 0.2) is 47.5 Å². The number of thioether (sulfide) groups is 1. The lowest BCUT2D eigenvalue weighted by Crippen LogP contribution is -2.38. The maximum absolute atomic E-state index is 13.1. The van der Waals surface area contributed by atoms with Crippen molar-refractivity contribution in [2.45, 2.75) is 24.6 Å². The number of fused-ring (bicyclic) bond motifs is 1. The molecule has 2 heterocycles. The van der Waals surface area contributed by atoms with Gasteiger partial charge in [0.2, 0.25) is 0 Å². The van der Waals surface area contributed by atoms with Gasteiger partial charge in [-0.15, -0.1) is 0 Å². The number of hydrogen-bond acceptors (Lipinski definition) is 4. The molecule has 0 unspecified atom stereocenters. The van der Waals surface area contributed by atoms with Crippen molar-refractivity contribution in [2.24, 2.45) is 4.99 Å². The first-order chi connectivity index (χ1) is 13.7. The summed E-state index contributed by atoms with van der Waals surface area (Å²) in [7, 11) is -3.14. The number of anilines is 1. The molecule has 0 saturated carbocycles. The predicted molar refractivity (Wildman–Crippen MR) is 115 cm³/mol. The quantitative estimate of drug-likeness (QED) is 0.711. The van der Waals surface area contributed by atoms with Crippen LogP contribution in [0, 0.1) is 12.7 Å². The van der Waals surface area contributed by atoms with E-state index >= 15 is 0 Å². The van der Waals surface area contributed by atoms with E-state index in [9.17, 15) is 17.6 Å². The fraction of sp³-hybridized carbons (Fsp3) is 0.300. The lowest BCUT2D eigenvalue weighted by atomic mass is 10.1. The molecule has 0 aliphatic carbocycles. The van der Waals surface area contributed by atoms with Gasteiger partial charge in [0.05, 0.1) is 24.0 Å². The topological polar surface area (TPSA) is 66.8 Å². The Morgan fingerprint density at radius 3 is 2.69 bits per heavy atom. The van der Waals surface area contributed by atoms with E-state index in [2.05, 4.69) is 4.99 Å². The molecule has 2 fully saturated rings. The molecule has 29 heavy (non-hydrogen) atoms. The number of hydrogen-bond donors (Lipinski definition) is 0. The number of benzene rings is 2. The minimum atomic E-state index is -3.14. The van der Waals surface area contributed by atoms with E-state index in [1.165, 1.54) is 23.9 Å². The molecule has 0 N–H and O–H groups in total. The van der Waals surface area contributed by atoms with Gasteiger partial charge in [-0.3, -0.25) is 4.79 Å². The number of halogens is 2. The second-order valence-electron chi connectivity index (χ2n) is 7.19. The van der Waals surface area contributed by atoms with E-state index in [-0.39, 0.29) is 40.9 Å². The number of amidine groups is 1. The van der Waals surface area contributed by atoms with E-state index in [0.29, 0.717) is 15.8 Å². The number of nitrogens with zero attached hydrogens (tertiary/aromatic N) is 2. The third kappa shape index (κ3) is 4.34. The van der Waals surface area contributed by atoms with E-state index in [4.69, 9.17) is 11.6 Å². The standard InChI is InChI=1S/C20H18ClFN2O3S2/c1-12-2-5-14(21)9-16(12)24-17-10-29(26,27)11-18(17)28-20(24)23-19(25)8-13-3-6-15(22)7-4-13/h2-7,9,17-18H,8,10-11H2,1H3/t17-,18-/m1/s1. The molecule has 9 heteroatoms. The number of sulfone groups is 1. The number of rotatable bonds is 3. The summed E-state index contributed by atoms with van der Waals surface area (Å²) in [6, 6.07) is 10.8. The molecule has 1 amide bonds. The highest BCUT2D eigenvalue weighted by Gasteiger charge is 2.49. The highest BCUT2D eigenvalue weighted by atomic mass is 35.5. The van der Waals surface area contributed by atoms with Gasteiger partial charge in [0, 0.05) is 16.0 Å². The van der Waals surface area contributed by atoms with Crippen molar-refractivity contribution in [3.05, 3.63) is 64.4 Å². The Kier molecular flexibility index (Phi) is 5.44. The Bertz CT molecular complexity index is 1100. The maximum Gasteiger partial charge on any atom is 0.252 e. The zero-order valence-corrected chi connectivity index (χ0v) is 17.9. The van der Waals surface area contributed by atoms with Crippen LogP contribution in [0.3, 0.4) is 0 Å². The Morgan fingerprint density at radius 1 is 1.24 bits per heavy atom. The van der Waals surface area contributed by atoms with Gasteiger partial charge in [0.15, 0.2) is 15.0 Å². The van der Waals surface area contributed by atoms with Crippen LogP contribution in [0.4, 0.5) is 10.1 Å². The van der Waals surface area contributed by atoms with Gasteiger partial charge < -0.3 is 4.90 Å². The number of amides is 1. The summed E-state index contributed by atoms with van der Waals surface area (Å²) in [4.78, 5) is 18.7. The first-order valence-corrected chi connectivity index (χ1v) is 12.1. The zero-order chi connectivity index (χ0) is 20.8. The molecule has 2 aromatic carbocycles. The van der Waals surface area contributed by atoms with Gasteiger partial charge in [-0.05, 0) is 42.3 Å². The summed E-state index contributed by atoms with van der Waals surface area (Å²) in [6.45, 7) is 1.91. The Labute approximate surface area is 177 Å². The van der Waals surface area contributed by atoms with Crippen molar-refractivity contribution in [3.63, 3.8) is 0 Å². The van der Waals surface area contributed by atoms with Crippen LogP contribution >= 0.6 is 23.4 Å². The van der Waals surface area contributed by atoms with Crippen LogP contribution < -0.4 is 4.90 Å². The molecule has 0 bridgehead atoms. The molecule has 2 atom stereocenters. The first-order valence-electron chi connectivity index (χ1n) is 9.00. The van der Waals surface area contributed by atoms with Crippen LogP contribution in [0.2, 0.25) is 5.02 Å². The molecule has 2 aliphatic rings. The molecular weight excluding hydrogens is 435 g/mol. The van der Waals surface area contributed by atoms with Crippen LogP contribution in [-0.2, 0) is 21.1 Å². The summed E-state index contributed by atoms with van der Waals surface area (Å²) >= 11 is 7.49. The smallest absolute Gasteiger partial charge is 0.252 e. The lowest BCUT2D eigenvalue weighted by Gasteiger charge is -2.26. The van der Waals surface area contributed by atoms with Crippen LogP contribution in [0.25, 0.3) is 0 Å². The SMILES string of the molecule is Cc1ccc(Cl)cc1N1C(=NC(=O)Cc2ccc(F)cc2)S[C@@H]2CS(=O)(=O)C[C@H]21. The Balaban J connectivity index is 1.67. The van der Waals surface area contributed by atoms with Crippen molar-refractivity contribution < 1.29 is 17.6 Å². The summed E-state index contributed by atoms with van der Waals surface area (Å²) in [5.41, 5.74) is 2.33. The minimum absolute atomic E-state index is 0.0157. The van der Waals surface area contributed by atoms with Crippen molar-refractivity contribution in [1.82, 2.24) is 0 Å². The van der Waals surface area contributed by atoms with Crippen molar-refractivity contribution in [3.8, 4) is 0 Å². The highest BCUT2D eigenvalue weighted by molar-refractivity contribution is 8.16. The van der Waals surface area contributed by atoms with Crippen molar-refractivity contribution >= 4 is 50.0 Å². The molecule has 2 saturated heterocycles. The highest BCUT2D eigenvalue weighted by Crippen LogP contribution is 2.42. The van der Waals surface area contributed by atoms with Crippen LogP contribution in [0.5, 0.6) is 0 Å². The van der Waals surface area contributed by atoms with Gasteiger partial charge in [0.25, 0.3) is 5.91 Å². The fourth-order valence-electron chi connectivity index (χ4n) is 3.61. The molecule has 0 radical (unpaired) electrons. The predicted octanol–water partition coefficient (Wildman–Crippen LogP) is 3.63. The molecule has 2 aromatic rings. The van der Waals surface area contributed by atoms with Crippen molar-refractivity contribution in [2.75, 3.05) is 16.4 Å². The zero-order valence-electron chi connectivity index (χ0n) is 15.5. The normalized spacial score (nSPS) is 24.1. The van der Waals surface area contributed by atoms with Gasteiger partial charge >= 0.3 is 0 Å². The third-order valence-corrected chi connectivity index (χ3v) is 8.43. The molecule has 2 aliphatic heterocycles. The van der Waals surface area contributed by atoms with E-state index in [1.54, 1.807) is 24.3 Å². The summed E-state index contributed by atoms with van der Waals surface area (Å²) in [5.74, 6) is -0.659. The van der Waals surface area contributed by atoms with Gasteiger partial charge in [-0.2, -0.15) is 4.99 Å². The van der Waals surface area contributed by atoms with Crippen molar-refractivity contribution in [1.29, 1.82) is 0 Å². The van der Waals surface area contributed by atoms with Gasteiger partial charge in [0.1, 0.15) is 5.82 Å². The van der Waals surface area contributed by atoms with E-state index in [0.717, 1.165) is 11.3 Å². The molecule has 4 rings (SSSR count). The van der Waals surface area contributed by atoms with Gasteiger partial charge in [-0.1, -0.05) is 41.6 Å². The molecular formula is C20H18ClFN2O3S2. The van der Waals surface area contributed by atoms with Crippen LogP contribution in [-0.4, -0.2) is 42.3 Å². The first kappa shape index (κ1) is 20.4. The maximum atomic E-state index is 13.1. The molecule has 0 spiro atoms. The summed E-state index contributed by atoms with van der Waals surface area (Å²) in [5, 5.41) is 0.819. The largest absolute Gasteiger partial charge is 0.315 e. The Hall–Kier alpha value is -1.90. The monoisotopic (exact) mass is 452 g/mol. The lowest BCUT2D eigenvalue weighted by molar-refractivity contribution is -0.117. The molecule has 0 aromatic heterocycles. The average Bonchev–Trinajstić information content (AvgIpc) is 3.10. The third-order valence-electron chi connectivity index (χ3n) is 4.99. The summed E-state index contributed by atoms with van der Waals surface area (Å²) < 4.78 is 37.4. The van der Waals surface area contributed by atoms with Crippen LogP contribution in [0.1, 0.15) is 11.1 Å².